The smallest absolute Gasteiger partial charge is 0.347 e. The van der Waals surface area contributed by atoms with Crippen molar-refractivity contribution in [3.8, 4) is 0 Å². The van der Waals surface area contributed by atoms with Gasteiger partial charge in [-0.15, -0.1) is 0 Å². The normalized spacial score (nSPS) is 19.5. The molecule has 0 spiro atoms. The Morgan fingerprint density at radius 2 is 2.14 bits per heavy atom. The minimum Gasteiger partial charge on any atom is -0.462 e. The van der Waals surface area contributed by atoms with Crippen molar-refractivity contribution in [1.29, 1.82) is 0 Å². The summed E-state index contributed by atoms with van der Waals surface area (Å²) in [5.41, 5.74) is 1.44. The van der Waals surface area contributed by atoms with Gasteiger partial charge in [-0.25, -0.2) is 9.78 Å². The first-order chi connectivity index (χ1) is 14.2. The quantitative estimate of drug-likeness (QED) is 0.348. The summed E-state index contributed by atoms with van der Waals surface area (Å²) in [5, 5.41) is 4.17. The molecule has 152 valence electrons. The number of aromatic amines is 1. The lowest BCUT2D eigenvalue weighted by Gasteiger charge is -2.18. The van der Waals surface area contributed by atoms with E-state index in [4.69, 9.17) is 9.47 Å². The Hall–Kier alpha value is -3.09. The lowest BCUT2D eigenvalue weighted by molar-refractivity contribution is -0.139. The Morgan fingerprint density at radius 1 is 1.34 bits per heavy atom. The van der Waals surface area contributed by atoms with Crippen molar-refractivity contribution in [2.75, 3.05) is 6.61 Å². The fourth-order valence-corrected chi connectivity index (χ4v) is 3.87. The third kappa shape index (κ3) is 4.04. The van der Waals surface area contributed by atoms with E-state index in [0.29, 0.717) is 0 Å². The highest BCUT2D eigenvalue weighted by atomic mass is 16.5. The number of allylic oxidation sites excluding steroid dienone is 1. The van der Waals surface area contributed by atoms with Crippen LogP contribution in [0.4, 0.5) is 0 Å². The van der Waals surface area contributed by atoms with Crippen LogP contribution in [0.1, 0.15) is 51.0 Å². The summed E-state index contributed by atoms with van der Waals surface area (Å²) < 4.78 is 11.0. The molecule has 1 aliphatic carbocycles. The molecule has 2 aromatic heterocycles. The Kier molecular flexibility index (Phi) is 5.64. The first-order valence-electron chi connectivity index (χ1n) is 10.2. The standard InChI is InChI=1S/C22H25N3O4/c1-2-28-22(27)18-19(26)17(12-14-13-24-20-16(14)10-7-11-23-20)29-21(18)25-15-8-5-3-4-6-9-15/h7,10-13,15,25H,2-6,8-9H2,1H3,(H,23,24). The molecule has 1 fully saturated rings. The lowest BCUT2D eigenvalue weighted by atomic mass is 10.1. The van der Waals surface area contributed by atoms with Gasteiger partial charge in [0.25, 0.3) is 0 Å². The van der Waals surface area contributed by atoms with Crippen molar-refractivity contribution in [3.05, 3.63) is 47.3 Å². The van der Waals surface area contributed by atoms with Crippen LogP contribution in [-0.2, 0) is 19.1 Å². The van der Waals surface area contributed by atoms with E-state index in [1.807, 2.05) is 12.1 Å². The molecular formula is C22H25N3O4. The summed E-state index contributed by atoms with van der Waals surface area (Å²) in [4.78, 5) is 32.8. The fourth-order valence-electron chi connectivity index (χ4n) is 3.87. The number of rotatable bonds is 5. The highest BCUT2D eigenvalue weighted by Gasteiger charge is 2.37. The van der Waals surface area contributed by atoms with Gasteiger partial charge in [-0.1, -0.05) is 25.7 Å². The minimum absolute atomic E-state index is 0.0553. The second-order valence-corrected chi connectivity index (χ2v) is 7.34. The van der Waals surface area contributed by atoms with Gasteiger partial charge in [-0.3, -0.25) is 4.79 Å². The number of esters is 1. The maximum absolute atomic E-state index is 13.0. The van der Waals surface area contributed by atoms with Crippen molar-refractivity contribution in [3.63, 3.8) is 0 Å². The average molecular weight is 395 g/mol. The number of nitrogens with zero attached hydrogens (tertiary/aromatic N) is 1. The number of hydrogen-bond donors (Lipinski definition) is 2. The Bertz CT molecular complexity index is 981. The number of pyridine rings is 1. The molecule has 1 saturated carbocycles. The van der Waals surface area contributed by atoms with Crippen molar-refractivity contribution in [2.24, 2.45) is 0 Å². The predicted octanol–water partition coefficient (Wildman–Crippen LogP) is 3.59. The number of fused-ring (bicyclic) bond motifs is 1. The Labute approximate surface area is 169 Å². The largest absolute Gasteiger partial charge is 0.462 e. The molecule has 0 unspecified atom stereocenters. The molecule has 29 heavy (non-hydrogen) atoms. The highest BCUT2D eigenvalue weighted by molar-refractivity contribution is 6.26. The molecule has 0 amide bonds. The zero-order chi connectivity index (χ0) is 20.2. The van der Waals surface area contributed by atoms with Gasteiger partial charge >= 0.3 is 5.97 Å². The molecule has 7 heteroatoms. The van der Waals surface area contributed by atoms with Gasteiger partial charge in [-0.2, -0.15) is 0 Å². The monoisotopic (exact) mass is 395 g/mol. The second kappa shape index (κ2) is 8.51. The number of carbonyl (C=O) groups excluding carboxylic acids is 2. The molecule has 0 atom stereocenters. The van der Waals surface area contributed by atoms with E-state index >= 15 is 0 Å². The first-order valence-corrected chi connectivity index (χ1v) is 10.2. The van der Waals surface area contributed by atoms with Crippen LogP contribution in [0.5, 0.6) is 0 Å². The van der Waals surface area contributed by atoms with E-state index in [-0.39, 0.29) is 29.9 Å². The van der Waals surface area contributed by atoms with Crippen LogP contribution < -0.4 is 5.32 Å². The second-order valence-electron chi connectivity index (χ2n) is 7.34. The van der Waals surface area contributed by atoms with Gasteiger partial charge in [-0.05, 0) is 38.0 Å². The highest BCUT2D eigenvalue weighted by Crippen LogP contribution is 2.29. The number of carbonyl (C=O) groups is 2. The van der Waals surface area contributed by atoms with Gasteiger partial charge < -0.3 is 19.8 Å². The van der Waals surface area contributed by atoms with Crippen LogP contribution in [0.2, 0.25) is 0 Å². The van der Waals surface area contributed by atoms with Gasteiger partial charge in [0.2, 0.25) is 11.7 Å². The first kappa shape index (κ1) is 19.2. The van der Waals surface area contributed by atoms with Gasteiger partial charge in [0.15, 0.2) is 11.3 Å². The number of nitrogens with one attached hydrogen (secondary N) is 2. The van der Waals surface area contributed by atoms with E-state index in [1.165, 1.54) is 12.8 Å². The number of ether oxygens (including phenoxy) is 2. The molecule has 2 aromatic rings. The molecule has 1 aliphatic heterocycles. The van der Waals surface area contributed by atoms with E-state index in [0.717, 1.165) is 42.3 Å². The number of H-pyrrole nitrogens is 1. The Balaban J connectivity index is 1.63. The summed E-state index contributed by atoms with van der Waals surface area (Å²) in [6.45, 7) is 1.91. The van der Waals surface area contributed by atoms with E-state index in [9.17, 15) is 9.59 Å². The topological polar surface area (TPSA) is 93.3 Å². The molecule has 3 heterocycles. The van der Waals surface area contributed by atoms with Crippen LogP contribution in [0.25, 0.3) is 17.1 Å². The fraction of sp³-hybridized carbons (Fsp3) is 0.409. The van der Waals surface area contributed by atoms with Crippen LogP contribution >= 0.6 is 0 Å². The number of hydrogen-bond acceptors (Lipinski definition) is 6. The Morgan fingerprint density at radius 3 is 2.90 bits per heavy atom. The zero-order valence-electron chi connectivity index (χ0n) is 16.5. The zero-order valence-corrected chi connectivity index (χ0v) is 16.5. The summed E-state index contributed by atoms with van der Waals surface area (Å²) in [7, 11) is 0. The molecule has 0 radical (unpaired) electrons. The summed E-state index contributed by atoms with van der Waals surface area (Å²) in [5.74, 6) is -0.797. The maximum Gasteiger partial charge on any atom is 0.347 e. The summed E-state index contributed by atoms with van der Waals surface area (Å²) in [6, 6.07) is 3.92. The number of aromatic nitrogens is 2. The van der Waals surface area contributed by atoms with Gasteiger partial charge in [0, 0.05) is 29.4 Å². The van der Waals surface area contributed by atoms with Crippen molar-refractivity contribution >= 4 is 28.9 Å². The molecule has 0 bridgehead atoms. The minimum atomic E-state index is -0.655. The molecule has 7 nitrogen and oxygen atoms in total. The average Bonchev–Trinajstić information content (AvgIpc) is 3.13. The van der Waals surface area contributed by atoms with Gasteiger partial charge in [0.05, 0.1) is 6.61 Å². The van der Waals surface area contributed by atoms with Crippen molar-refractivity contribution < 1.29 is 19.1 Å². The third-order valence-corrected chi connectivity index (χ3v) is 5.33. The van der Waals surface area contributed by atoms with E-state index in [1.54, 1.807) is 25.4 Å². The van der Waals surface area contributed by atoms with Crippen LogP contribution in [0, 0.1) is 0 Å². The van der Waals surface area contributed by atoms with Crippen LogP contribution in [0.3, 0.4) is 0 Å². The molecule has 4 rings (SSSR count). The summed E-state index contributed by atoms with van der Waals surface area (Å²) >= 11 is 0. The summed E-state index contributed by atoms with van der Waals surface area (Å²) in [6.07, 6.45) is 11.8. The molecule has 0 saturated heterocycles. The number of Topliss-reactive ketones (excluding diaryl/α,β-unsaturated/α-hetero) is 1. The SMILES string of the molecule is CCOC(=O)C1=C(NC2CCCCCC2)OC(=Cc2c[nH]c3ncccc23)C1=O. The van der Waals surface area contributed by atoms with E-state index in [2.05, 4.69) is 15.3 Å². The lowest BCUT2D eigenvalue weighted by Crippen LogP contribution is -2.30. The molecule has 2 aliphatic rings. The molecule has 2 N–H and O–H groups in total. The number of ketones is 1. The van der Waals surface area contributed by atoms with Crippen LogP contribution in [-0.4, -0.2) is 34.4 Å². The van der Waals surface area contributed by atoms with Gasteiger partial charge in [0.1, 0.15) is 5.65 Å². The van der Waals surface area contributed by atoms with E-state index < -0.39 is 11.8 Å². The van der Waals surface area contributed by atoms with Crippen molar-refractivity contribution in [2.45, 2.75) is 51.5 Å². The van der Waals surface area contributed by atoms with Crippen molar-refractivity contribution in [1.82, 2.24) is 15.3 Å². The molecule has 0 aromatic carbocycles. The predicted molar refractivity (Wildman–Crippen MR) is 108 cm³/mol. The maximum atomic E-state index is 13.0. The molecular weight excluding hydrogens is 370 g/mol. The third-order valence-electron chi connectivity index (χ3n) is 5.33. The van der Waals surface area contributed by atoms with Crippen LogP contribution in [0.15, 0.2) is 41.7 Å².